The zero-order valence-corrected chi connectivity index (χ0v) is 13.7. The standard InChI is InChI=1S/C13H18Br2N2O2/c14-10-7-9(8-11(15)13(10)19)12(1-6-18)17-4-2-16-3-5-17/h7-8,12,16,18-19H,1-6H2/t12-/m1/s1. The highest BCUT2D eigenvalue weighted by Crippen LogP contribution is 2.37. The van der Waals surface area contributed by atoms with Crippen LogP contribution in [0.3, 0.4) is 0 Å². The van der Waals surface area contributed by atoms with Gasteiger partial charge in [0, 0.05) is 38.8 Å². The van der Waals surface area contributed by atoms with Gasteiger partial charge < -0.3 is 15.5 Å². The molecule has 106 valence electrons. The third-order valence-electron chi connectivity index (χ3n) is 3.42. The van der Waals surface area contributed by atoms with E-state index in [1.807, 2.05) is 12.1 Å². The van der Waals surface area contributed by atoms with Crippen molar-refractivity contribution in [3.8, 4) is 5.75 Å². The van der Waals surface area contributed by atoms with Gasteiger partial charge in [0.1, 0.15) is 5.75 Å². The molecule has 0 spiro atoms. The van der Waals surface area contributed by atoms with E-state index in [2.05, 4.69) is 42.1 Å². The van der Waals surface area contributed by atoms with Gasteiger partial charge in [0.25, 0.3) is 0 Å². The Morgan fingerprint density at radius 1 is 1.21 bits per heavy atom. The van der Waals surface area contributed by atoms with Crippen molar-refractivity contribution in [1.29, 1.82) is 0 Å². The molecule has 1 aromatic rings. The summed E-state index contributed by atoms with van der Waals surface area (Å²) in [4.78, 5) is 2.37. The minimum Gasteiger partial charge on any atom is -0.506 e. The highest BCUT2D eigenvalue weighted by molar-refractivity contribution is 9.11. The molecule has 0 unspecified atom stereocenters. The van der Waals surface area contributed by atoms with Crippen molar-refractivity contribution >= 4 is 31.9 Å². The van der Waals surface area contributed by atoms with Crippen LogP contribution >= 0.6 is 31.9 Å². The molecule has 1 saturated heterocycles. The molecule has 4 nitrogen and oxygen atoms in total. The van der Waals surface area contributed by atoms with Gasteiger partial charge in [-0.15, -0.1) is 0 Å². The lowest BCUT2D eigenvalue weighted by Gasteiger charge is -2.35. The van der Waals surface area contributed by atoms with Gasteiger partial charge in [0.05, 0.1) is 8.95 Å². The number of halogens is 2. The lowest BCUT2D eigenvalue weighted by atomic mass is 10.0. The number of hydrogen-bond donors (Lipinski definition) is 3. The molecule has 0 aliphatic carbocycles. The molecule has 0 radical (unpaired) electrons. The maximum absolute atomic E-state index is 9.79. The number of hydrogen-bond acceptors (Lipinski definition) is 4. The molecular formula is C13H18Br2N2O2. The van der Waals surface area contributed by atoms with Crippen LogP contribution < -0.4 is 5.32 Å². The predicted octanol–water partition coefficient (Wildman–Crippen LogP) is 2.25. The minimum atomic E-state index is 0.157. The molecule has 19 heavy (non-hydrogen) atoms. The Kier molecular flexibility index (Phi) is 5.65. The Balaban J connectivity index is 2.27. The second kappa shape index (κ2) is 7.04. The van der Waals surface area contributed by atoms with Crippen LogP contribution in [0, 0.1) is 0 Å². The van der Waals surface area contributed by atoms with E-state index in [-0.39, 0.29) is 18.4 Å². The first-order chi connectivity index (χ1) is 9.13. The van der Waals surface area contributed by atoms with Gasteiger partial charge >= 0.3 is 0 Å². The second-order valence-corrected chi connectivity index (χ2v) is 6.36. The Labute approximate surface area is 130 Å². The summed E-state index contributed by atoms with van der Waals surface area (Å²) in [6, 6.07) is 4.05. The van der Waals surface area contributed by atoms with Gasteiger partial charge in [-0.2, -0.15) is 0 Å². The van der Waals surface area contributed by atoms with Crippen LogP contribution in [-0.4, -0.2) is 47.9 Å². The molecule has 1 fully saturated rings. The number of benzene rings is 1. The summed E-state index contributed by atoms with van der Waals surface area (Å²) in [5.41, 5.74) is 1.10. The Morgan fingerprint density at radius 3 is 2.32 bits per heavy atom. The van der Waals surface area contributed by atoms with E-state index in [0.717, 1.165) is 31.7 Å². The van der Waals surface area contributed by atoms with E-state index in [9.17, 15) is 10.2 Å². The Morgan fingerprint density at radius 2 is 1.79 bits per heavy atom. The summed E-state index contributed by atoms with van der Waals surface area (Å²) in [7, 11) is 0. The number of phenols is 1. The number of aliphatic hydroxyl groups is 1. The van der Waals surface area contributed by atoms with E-state index < -0.39 is 0 Å². The van der Waals surface area contributed by atoms with Gasteiger partial charge in [0.2, 0.25) is 0 Å². The molecule has 0 saturated carbocycles. The van der Waals surface area contributed by atoms with Gasteiger partial charge in [-0.3, -0.25) is 4.90 Å². The second-order valence-electron chi connectivity index (χ2n) is 4.65. The summed E-state index contributed by atoms with van der Waals surface area (Å²) in [5, 5.41) is 22.4. The molecular weight excluding hydrogens is 376 g/mol. The number of aromatic hydroxyl groups is 1. The lowest BCUT2D eigenvalue weighted by Crippen LogP contribution is -2.45. The third kappa shape index (κ3) is 3.70. The van der Waals surface area contributed by atoms with Gasteiger partial charge in [0.15, 0.2) is 0 Å². The van der Waals surface area contributed by atoms with Crippen molar-refractivity contribution in [3.05, 3.63) is 26.6 Å². The summed E-state index contributed by atoms with van der Waals surface area (Å²) < 4.78 is 1.35. The van der Waals surface area contributed by atoms with Crippen molar-refractivity contribution in [1.82, 2.24) is 10.2 Å². The lowest BCUT2D eigenvalue weighted by molar-refractivity contribution is 0.141. The number of nitrogens with zero attached hydrogens (tertiary/aromatic N) is 1. The average Bonchev–Trinajstić information content (AvgIpc) is 2.42. The molecule has 2 rings (SSSR count). The van der Waals surface area contributed by atoms with Crippen LogP contribution in [0.15, 0.2) is 21.1 Å². The predicted molar refractivity (Wildman–Crippen MR) is 82.4 cm³/mol. The first-order valence-corrected chi connectivity index (χ1v) is 7.95. The molecule has 1 aliphatic heterocycles. The largest absolute Gasteiger partial charge is 0.506 e. The maximum Gasteiger partial charge on any atom is 0.143 e. The topological polar surface area (TPSA) is 55.7 Å². The molecule has 1 aliphatic rings. The summed E-state index contributed by atoms with van der Waals surface area (Å²) >= 11 is 6.73. The third-order valence-corrected chi connectivity index (χ3v) is 4.63. The van der Waals surface area contributed by atoms with E-state index in [1.54, 1.807) is 0 Å². The van der Waals surface area contributed by atoms with Gasteiger partial charge in [-0.25, -0.2) is 0 Å². The van der Waals surface area contributed by atoms with E-state index in [0.29, 0.717) is 15.4 Å². The summed E-state index contributed by atoms with van der Waals surface area (Å²) in [6.45, 7) is 4.05. The van der Waals surface area contributed by atoms with Crippen molar-refractivity contribution < 1.29 is 10.2 Å². The SMILES string of the molecule is OCC[C@H](c1cc(Br)c(O)c(Br)c1)N1CCNCC1. The first kappa shape index (κ1) is 15.3. The molecule has 0 bridgehead atoms. The Hall–Kier alpha value is -0.140. The number of rotatable bonds is 4. The molecule has 0 amide bonds. The smallest absolute Gasteiger partial charge is 0.143 e. The molecule has 1 heterocycles. The molecule has 1 aromatic carbocycles. The quantitative estimate of drug-likeness (QED) is 0.734. The minimum absolute atomic E-state index is 0.157. The monoisotopic (exact) mass is 392 g/mol. The molecule has 1 atom stereocenters. The number of nitrogens with one attached hydrogen (secondary N) is 1. The zero-order chi connectivity index (χ0) is 13.8. The number of aliphatic hydroxyl groups excluding tert-OH is 1. The van der Waals surface area contributed by atoms with E-state index >= 15 is 0 Å². The number of phenolic OH excluding ortho intramolecular Hbond substituents is 1. The van der Waals surface area contributed by atoms with Crippen LogP contribution in [0.25, 0.3) is 0 Å². The van der Waals surface area contributed by atoms with Gasteiger partial charge in [-0.1, -0.05) is 0 Å². The fourth-order valence-electron chi connectivity index (χ4n) is 2.45. The normalized spacial score (nSPS) is 18.5. The van der Waals surface area contributed by atoms with Crippen LogP contribution in [0.1, 0.15) is 18.0 Å². The highest BCUT2D eigenvalue weighted by atomic mass is 79.9. The molecule has 6 heteroatoms. The van der Waals surface area contributed by atoms with Crippen molar-refractivity contribution in [3.63, 3.8) is 0 Å². The van der Waals surface area contributed by atoms with Crippen LogP contribution in [-0.2, 0) is 0 Å². The summed E-state index contributed by atoms with van der Waals surface area (Å²) in [6.07, 6.45) is 0.698. The fraction of sp³-hybridized carbons (Fsp3) is 0.538. The zero-order valence-electron chi connectivity index (χ0n) is 10.6. The van der Waals surface area contributed by atoms with Crippen molar-refractivity contribution in [2.24, 2.45) is 0 Å². The van der Waals surface area contributed by atoms with E-state index in [1.165, 1.54) is 0 Å². The van der Waals surface area contributed by atoms with Crippen LogP contribution in [0.5, 0.6) is 5.75 Å². The molecule has 0 aromatic heterocycles. The van der Waals surface area contributed by atoms with Crippen LogP contribution in [0.4, 0.5) is 0 Å². The highest BCUT2D eigenvalue weighted by Gasteiger charge is 2.23. The van der Waals surface area contributed by atoms with E-state index in [4.69, 9.17) is 0 Å². The fourth-order valence-corrected chi connectivity index (χ4v) is 3.68. The van der Waals surface area contributed by atoms with Crippen molar-refractivity contribution in [2.45, 2.75) is 12.5 Å². The van der Waals surface area contributed by atoms with Crippen LogP contribution in [0.2, 0.25) is 0 Å². The average molecular weight is 394 g/mol. The number of piperazine rings is 1. The Bertz CT molecular complexity index is 414. The van der Waals surface area contributed by atoms with Crippen molar-refractivity contribution in [2.75, 3.05) is 32.8 Å². The molecule has 3 N–H and O–H groups in total. The van der Waals surface area contributed by atoms with Gasteiger partial charge in [-0.05, 0) is 56.0 Å². The first-order valence-electron chi connectivity index (χ1n) is 6.37. The maximum atomic E-state index is 9.79. The summed E-state index contributed by atoms with van der Waals surface area (Å²) in [5.74, 6) is 0.215.